The summed E-state index contributed by atoms with van der Waals surface area (Å²) in [5, 5.41) is 7.92. The molecule has 0 saturated carbocycles. The molecule has 0 aromatic carbocycles. The van der Waals surface area contributed by atoms with Crippen LogP contribution in [0.5, 0.6) is 5.75 Å². The third-order valence-corrected chi connectivity index (χ3v) is 4.41. The molecule has 1 aliphatic rings. The fourth-order valence-electron chi connectivity index (χ4n) is 2.29. The zero-order chi connectivity index (χ0) is 15.4. The van der Waals surface area contributed by atoms with Crippen LogP contribution in [0.1, 0.15) is 9.67 Å². The highest BCUT2D eigenvalue weighted by molar-refractivity contribution is 7.12. The van der Waals surface area contributed by atoms with Crippen LogP contribution in [-0.4, -0.2) is 44.2 Å². The summed E-state index contributed by atoms with van der Waals surface area (Å²) in [5.41, 5.74) is 1.08. The quantitative estimate of drug-likeness (QED) is 0.881. The van der Waals surface area contributed by atoms with Crippen molar-refractivity contribution in [3.05, 3.63) is 34.7 Å². The van der Waals surface area contributed by atoms with Gasteiger partial charge >= 0.3 is 0 Å². The molecule has 0 bridgehead atoms. The van der Waals surface area contributed by atoms with E-state index in [0.29, 0.717) is 16.4 Å². The van der Waals surface area contributed by atoms with Crippen molar-refractivity contribution in [3.63, 3.8) is 0 Å². The van der Waals surface area contributed by atoms with Crippen LogP contribution < -0.4 is 20.3 Å². The third kappa shape index (κ3) is 4.34. The van der Waals surface area contributed by atoms with Gasteiger partial charge in [-0.1, -0.05) is 0 Å². The standard InChI is InChI=1S/C15H18N4O2S.ClH/c1-21-12-8-13(22-10-12)15(20)18-14-3-2-11(9-17-14)19-6-4-16-5-7-19;/h2-3,8-10,16H,4-7H2,1H3,(H,17,18,20);1H. The van der Waals surface area contributed by atoms with Crippen LogP contribution in [0.4, 0.5) is 11.5 Å². The minimum atomic E-state index is -0.171. The van der Waals surface area contributed by atoms with Gasteiger partial charge in [0.2, 0.25) is 0 Å². The van der Waals surface area contributed by atoms with Crippen molar-refractivity contribution in [2.45, 2.75) is 0 Å². The van der Waals surface area contributed by atoms with E-state index in [1.54, 1.807) is 24.8 Å². The number of methoxy groups -OCH3 is 1. The Kier molecular flexibility index (Phi) is 6.20. The molecule has 0 radical (unpaired) electrons. The summed E-state index contributed by atoms with van der Waals surface area (Å²) < 4.78 is 5.08. The maximum absolute atomic E-state index is 12.1. The maximum Gasteiger partial charge on any atom is 0.267 e. The molecule has 2 aromatic heterocycles. The number of pyridine rings is 1. The summed E-state index contributed by atoms with van der Waals surface area (Å²) in [6.07, 6.45) is 1.80. The van der Waals surface area contributed by atoms with Crippen molar-refractivity contribution in [3.8, 4) is 5.75 Å². The lowest BCUT2D eigenvalue weighted by molar-refractivity contribution is 0.103. The van der Waals surface area contributed by atoms with Gasteiger partial charge in [-0.05, 0) is 12.1 Å². The number of ether oxygens (including phenoxy) is 1. The lowest BCUT2D eigenvalue weighted by Gasteiger charge is -2.29. The second-order valence-corrected chi connectivity index (χ2v) is 5.85. The smallest absolute Gasteiger partial charge is 0.267 e. The van der Waals surface area contributed by atoms with Crippen LogP contribution in [0.25, 0.3) is 0 Å². The molecule has 3 rings (SSSR count). The van der Waals surface area contributed by atoms with Gasteiger partial charge < -0.3 is 20.3 Å². The average Bonchev–Trinajstić information content (AvgIpc) is 3.06. The zero-order valence-electron chi connectivity index (χ0n) is 12.7. The predicted octanol–water partition coefficient (Wildman–Crippen LogP) is 2.24. The Morgan fingerprint density at radius 3 is 2.78 bits per heavy atom. The SMILES string of the molecule is COc1csc(C(=O)Nc2ccc(N3CCNCC3)cn2)c1.Cl. The van der Waals surface area contributed by atoms with E-state index in [1.807, 2.05) is 12.1 Å². The molecule has 0 unspecified atom stereocenters. The van der Waals surface area contributed by atoms with E-state index in [2.05, 4.69) is 20.5 Å². The molecule has 0 atom stereocenters. The number of hydrogen-bond acceptors (Lipinski definition) is 6. The summed E-state index contributed by atoms with van der Waals surface area (Å²) in [6.45, 7) is 3.92. The molecule has 23 heavy (non-hydrogen) atoms. The Labute approximate surface area is 145 Å². The summed E-state index contributed by atoms with van der Waals surface area (Å²) in [6, 6.07) is 5.54. The van der Waals surface area contributed by atoms with Crippen LogP contribution in [-0.2, 0) is 0 Å². The first-order chi connectivity index (χ1) is 10.8. The molecule has 2 aromatic rings. The number of rotatable bonds is 4. The molecule has 8 heteroatoms. The van der Waals surface area contributed by atoms with Gasteiger partial charge in [-0.25, -0.2) is 4.98 Å². The largest absolute Gasteiger partial charge is 0.496 e. The molecule has 0 aliphatic carbocycles. The monoisotopic (exact) mass is 354 g/mol. The van der Waals surface area contributed by atoms with Crippen molar-refractivity contribution >= 4 is 41.2 Å². The number of aromatic nitrogens is 1. The highest BCUT2D eigenvalue weighted by Crippen LogP contribution is 2.22. The highest BCUT2D eigenvalue weighted by Gasteiger charge is 2.13. The summed E-state index contributed by atoms with van der Waals surface area (Å²) in [5.74, 6) is 1.07. The number of nitrogens with one attached hydrogen (secondary N) is 2. The van der Waals surface area contributed by atoms with Crippen LogP contribution in [0.2, 0.25) is 0 Å². The number of anilines is 2. The summed E-state index contributed by atoms with van der Waals surface area (Å²) in [4.78, 5) is 19.3. The second kappa shape index (κ2) is 8.14. The molecule has 2 N–H and O–H groups in total. The number of carbonyl (C=O) groups is 1. The fourth-order valence-corrected chi connectivity index (χ4v) is 3.04. The minimum absolute atomic E-state index is 0. The van der Waals surface area contributed by atoms with E-state index >= 15 is 0 Å². The van der Waals surface area contributed by atoms with E-state index in [4.69, 9.17) is 4.74 Å². The van der Waals surface area contributed by atoms with E-state index < -0.39 is 0 Å². The predicted molar refractivity (Wildman–Crippen MR) is 95.4 cm³/mol. The Morgan fingerprint density at radius 2 is 2.17 bits per heavy atom. The molecular formula is C15H19ClN4O2S. The number of thiophene rings is 1. The van der Waals surface area contributed by atoms with Gasteiger partial charge in [0.25, 0.3) is 5.91 Å². The Balaban J connectivity index is 0.00000192. The van der Waals surface area contributed by atoms with Crippen LogP contribution >= 0.6 is 23.7 Å². The van der Waals surface area contributed by atoms with Crippen LogP contribution in [0, 0.1) is 0 Å². The Bertz CT molecular complexity index is 641. The van der Waals surface area contributed by atoms with Gasteiger partial charge in [0, 0.05) is 37.6 Å². The Morgan fingerprint density at radius 1 is 1.39 bits per heavy atom. The molecule has 1 amide bonds. The minimum Gasteiger partial charge on any atom is -0.496 e. The first-order valence-electron chi connectivity index (χ1n) is 7.12. The molecule has 1 saturated heterocycles. The second-order valence-electron chi connectivity index (χ2n) is 4.94. The molecule has 0 spiro atoms. The van der Waals surface area contributed by atoms with Gasteiger partial charge in [-0.3, -0.25) is 4.79 Å². The van der Waals surface area contributed by atoms with Crippen molar-refractivity contribution in [1.82, 2.24) is 10.3 Å². The summed E-state index contributed by atoms with van der Waals surface area (Å²) >= 11 is 1.35. The van der Waals surface area contributed by atoms with Crippen LogP contribution in [0.3, 0.4) is 0 Å². The van der Waals surface area contributed by atoms with E-state index in [-0.39, 0.29) is 18.3 Å². The molecule has 3 heterocycles. The molecule has 6 nitrogen and oxygen atoms in total. The van der Waals surface area contributed by atoms with E-state index in [0.717, 1.165) is 31.9 Å². The topological polar surface area (TPSA) is 66.5 Å². The van der Waals surface area contributed by atoms with Gasteiger partial charge in [0.15, 0.2) is 0 Å². The number of hydrogen-bond donors (Lipinski definition) is 2. The lowest BCUT2D eigenvalue weighted by Crippen LogP contribution is -2.43. The van der Waals surface area contributed by atoms with Gasteiger partial charge in [0.1, 0.15) is 11.6 Å². The van der Waals surface area contributed by atoms with Gasteiger partial charge in [0.05, 0.1) is 23.9 Å². The average molecular weight is 355 g/mol. The first kappa shape index (κ1) is 17.5. The lowest BCUT2D eigenvalue weighted by atomic mass is 10.3. The number of nitrogens with zero attached hydrogens (tertiary/aromatic N) is 2. The third-order valence-electron chi connectivity index (χ3n) is 3.51. The number of piperazine rings is 1. The highest BCUT2D eigenvalue weighted by atomic mass is 35.5. The number of halogens is 1. The van der Waals surface area contributed by atoms with E-state index in [9.17, 15) is 4.79 Å². The molecule has 1 aliphatic heterocycles. The normalized spacial score (nSPS) is 14.0. The van der Waals surface area contributed by atoms with Crippen molar-refractivity contribution in [2.24, 2.45) is 0 Å². The van der Waals surface area contributed by atoms with Crippen molar-refractivity contribution < 1.29 is 9.53 Å². The maximum atomic E-state index is 12.1. The number of amides is 1. The molecule has 124 valence electrons. The van der Waals surface area contributed by atoms with Gasteiger partial charge in [-0.15, -0.1) is 23.7 Å². The Hall–Kier alpha value is -1.83. The molecule has 1 fully saturated rings. The van der Waals surface area contributed by atoms with Crippen LogP contribution in [0.15, 0.2) is 29.8 Å². The zero-order valence-corrected chi connectivity index (χ0v) is 14.4. The number of carbonyl (C=O) groups excluding carboxylic acids is 1. The summed E-state index contributed by atoms with van der Waals surface area (Å²) in [7, 11) is 1.58. The van der Waals surface area contributed by atoms with Gasteiger partial charge in [-0.2, -0.15) is 0 Å². The fraction of sp³-hybridized carbons (Fsp3) is 0.333. The first-order valence-corrected chi connectivity index (χ1v) is 8.00. The van der Waals surface area contributed by atoms with Crippen molar-refractivity contribution in [2.75, 3.05) is 43.5 Å². The van der Waals surface area contributed by atoms with Crippen molar-refractivity contribution in [1.29, 1.82) is 0 Å². The molecular weight excluding hydrogens is 336 g/mol. The van der Waals surface area contributed by atoms with E-state index in [1.165, 1.54) is 11.3 Å².